The summed E-state index contributed by atoms with van der Waals surface area (Å²) in [6.45, 7) is 1.96. The quantitative estimate of drug-likeness (QED) is 0.280. The lowest BCUT2D eigenvalue weighted by Crippen LogP contribution is -2.61. The number of nitrogens with zero attached hydrogens (tertiary/aromatic N) is 3. The molecule has 1 spiro atoms. The van der Waals surface area contributed by atoms with Crippen LogP contribution in [0.2, 0.25) is 0 Å². The molecule has 7 rings (SSSR count). The number of benzene rings is 2. The molecule has 3 aliphatic heterocycles. The predicted octanol–water partition coefficient (Wildman–Crippen LogP) is 3.01. The molecule has 4 atom stereocenters. The molecular formula is C35H38F2N5O8P. The van der Waals surface area contributed by atoms with Crippen LogP contribution in [0.4, 0.5) is 8.78 Å². The highest BCUT2D eigenvalue weighted by atomic mass is 31.2. The van der Waals surface area contributed by atoms with Crippen LogP contribution in [-0.2, 0) is 24.6 Å². The molecule has 0 bridgehead atoms. The lowest BCUT2D eigenvalue weighted by atomic mass is 9.96. The van der Waals surface area contributed by atoms with E-state index in [1.54, 1.807) is 17.2 Å². The van der Waals surface area contributed by atoms with E-state index in [9.17, 15) is 47.1 Å². The Morgan fingerprint density at radius 2 is 1.73 bits per heavy atom. The minimum atomic E-state index is -5.83. The number of fused-ring (bicyclic) bond motifs is 2. The summed E-state index contributed by atoms with van der Waals surface area (Å²) in [7, 11) is -5.83. The second kappa shape index (κ2) is 12.6. The van der Waals surface area contributed by atoms with E-state index in [-0.39, 0.29) is 52.4 Å². The third kappa shape index (κ3) is 6.36. The van der Waals surface area contributed by atoms with Gasteiger partial charge in [-0.25, -0.2) is 0 Å². The maximum absolute atomic E-state index is 14.5. The van der Waals surface area contributed by atoms with E-state index in [0.29, 0.717) is 37.7 Å². The van der Waals surface area contributed by atoms with Crippen molar-refractivity contribution in [2.45, 2.75) is 80.7 Å². The van der Waals surface area contributed by atoms with E-state index in [4.69, 9.17) is 0 Å². The van der Waals surface area contributed by atoms with E-state index < -0.39 is 42.7 Å². The first-order chi connectivity index (χ1) is 24.1. The number of rotatable bonds is 6. The predicted molar refractivity (Wildman–Crippen MR) is 180 cm³/mol. The third-order valence-electron chi connectivity index (χ3n) is 11.0. The number of pyridine rings is 1. The Bertz CT molecular complexity index is 2050. The molecule has 4 amide bonds. The minimum absolute atomic E-state index is 0.00693. The molecule has 51 heavy (non-hydrogen) atoms. The van der Waals surface area contributed by atoms with Crippen LogP contribution in [0.3, 0.4) is 0 Å². The van der Waals surface area contributed by atoms with Gasteiger partial charge in [-0.05, 0) is 79.1 Å². The van der Waals surface area contributed by atoms with Crippen LogP contribution in [0.25, 0.3) is 10.8 Å². The fourth-order valence-electron chi connectivity index (χ4n) is 8.10. The van der Waals surface area contributed by atoms with Gasteiger partial charge in [-0.1, -0.05) is 18.2 Å². The summed E-state index contributed by atoms with van der Waals surface area (Å²) in [5, 5.41) is 3.27. The summed E-state index contributed by atoms with van der Waals surface area (Å²) in [6, 6.07) is 8.34. The van der Waals surface area contributed by atoms with Gasteiger partial charge in [-0.15, -0.1) is 0 Å². The van der Waals surface area contributed by atoms with Gasteiger partial charge in [-0.2, -0.15) is 8.78 Å². The standard InChI is InChI=1S/C35H38F2N5O8P/c1-20(43)40-13-9-27-6-7-29(33(47)41-18-25(17-34(41)10-11-34)22-8-12-38-30(44)16-22)42(27)32(46)28(19-40)39-31(45)23-3-2-21-4-5-26(15-24(21)14-23)35(36,37)51(48,49)50/h2-5,8,12,14-16,25,27-29H,6-7,9-11,13,17-19H2,1H3,(H,38,44)(H,39,45)(H2,48,49,50)/t25?,27-,28+,29+/m1/s1. The molecule has 1 aliphatic carbocycles. The van der Waals surface area contributed by atoms with Crippen molar-refractivity contribution in [2.75, 3.05) is 19.6 Å². The monoisotopic (exact) mass is 725 g/mol. The summed E-state index contributed by atoms with van der Waals surface area (Å²) in [5.41, 5.74) is -5.05. The van der Waals surface area contributed by atoms with Crippen LogP contribution in [0.1, 0.15) is 72.9 Å². The van der Waals surface area contributed by atoms with Gasteiger partial charge in [-0.3, -0.25) is 28.5 Å². The van der Waals surface area contributed by atoms with Gasteiger partial charge in [0.25, 0.3) is 5.91 Å². The Morgan fingerprint density at radius 3 is 2.41 bits per heavy atom. The van der Waals surface area contributed by atoms with Crippen molar-refractivity contribution >= 4 is 42.0 Å². The van der Waals surface area contributed by atoms with Crippen molar-refractivity contribution in [2.24, 2.45) is 0 Å². The third-order valence-corrected chi connectivity index (χ3v) is 12.0. The van der Waals surface area contributed by atoms with E-state index in [2.05, 4.69) is 10.3 Å². The molecule has 3 aromatic rings. The number of amides is 4. The maximum atomic E-state index is 14.5. The molecule has 16 heteroatoms. The van der Waals surface area contributed by atoms with Crippen molar-refractivity contribution in [1.29, 1.82) is 0 Å². The van der Waals surface area contributed by atoms with Crippen molar-refractivity contribution in [3.63, 3.8) is 0 Å². The van der Waals surface area contributed by atoms with Crippen LogP contribution >= 0.6 is 7.60 Å². The fraction of sp³-hybridized carbons (Fsp3) is 0.457. The molecule has 2 aromatic carbocycles. The molecule has 4 fully saturated rings. The van der Waals surface area contributed by atoms with E-state index in [1.165, 1.54) is 36.1 Å². The first-order valence-electron chi connectivity index (χ1n) is 16.9. The van der Waals surface area contributed by atoms with Crippen molar-refractivity contribution in [3.05, 3.63) is 81.8 Å². The lowest BCUT2D eigenvalue weighted by Gasteiger charge is -2.40. The van der Waals surface area contributed by atoms with Crippen LogP contribution in [0.15, 0.2) is 59.5 Å². The summed E-state index contributed by atoms with van der Waals surface area (Å²) in [6.07, 6.45) is 5.41. The first kappa shape index (κ1) is 35.0. The zero-order valence-electron chi connectivity index (χ0n) is 27.8. The molecular weight excluding hydrogens is 687 g/mol. The Hall–Kier alpha value is -4.46. The molecule has 4 aliphatic rings. The summed E-state index contributed by atoms with van der Waals surface area (Å²) >= 11 is 0. The summed E-state index contributed by atoms with van der Waals surface area (Å²) in [5.74, 6) is -1.71. The van der Waals surface area contributed by atoms with E-state index in [0.717, 1.165) is 37.0 Å². The van der Waals surface area contributed by atoms with E-state index in [1.807, 2.05) is 11.0 Å². The first-order valence-corrected chi connectivity index (χ1v) is 18.6. The highest BCUT2D eigenvalue weighted by Gasteiger charge is 2.58. The Kier molecular flexibility index (Phi) is 8.67. The maximum Gasteiger partial charge on any atom is 0.399 e. The molecule has 3 saturated heterocycles. The topological polar surface area (TPSA) is 180 Å². The number of carbonyl (C=O) groups excluding carboxylic acids is 4. The summed E-state index contributed by atoms with van der Waals surface area (Å²) in [4.78, 5) is 93.0. The van der Waals surface area contributed by atoms with Crippen LogP contribution in [0, 0.1) is 0 Å². The van der Waals surface area contributed by atoms with Gasteiger partial charge < -0.3 is 34.8 Å². The molecule has 0 radical (unpaired) electrons. The van der Waals surface area contributed by atoms with Gasteiger partial charge in [0.05, 0.1) is 0 Å². The largest absolute Gasteiger partial charge is 0.399 e. The lowest BCUT2D eigenvalue weighted by molar-refractivity contribution is -0.149. The minimum Gasteiger partial charge on any atom is -0.340 e. The number of carbonyl (C=O) groups is 4. The molecule has 4 N–H and O–H groups in total. The molecule has 1 saturated carbocycles. The number of aromatic nitrogens is 1. The molecule has 4 heterocycles. The number of likely N-dealkylation sites (tertiary alicyclic amines) is 1. The summed E-state index contributed by atoms with van der Waals surface area (Å²) < 4.78 is 40.4. The Labute approximate surface area is 291 Å². The van der Waals surface area contributed by atoms with Gasteiger partial charge in [0.2, 0.25) is 23.3 Å². The second-order valence-electron chi connectivity index (χ2n) is 14.2. The van der Waals surface area contributed by atoms with Gasteiger partial charge in [0.15, 0.2) is 0 Å². The molecule has 1 unspecified atom stereocenters. The number of aromatic amines is 1. The average molecular weight is 726 g/mol. The van der Waals surface area contributed by atoms with Gasteiger partial charge in [0, 0.05) is 67.4 Å². The number of halogens is 2. The fourth-order valence-corrected chi connectivity index (χ4v) is 8.58. The molecule has 1 aromatic heterocycles. The molecule has 270 valence electrons. The zero-order chi connectivity index (χ0) is 36.5. The normalized spacial score (nSPS) is 24.7. The number of H-pyrrole nitrogens is 1. The number of alkyl halides is 2. The Balaban J connectivity index is 1.14. The Morgan fingerprint density at radius 1 is 0.980 bits per heavy atom. The van der Waals surface area contributed by atoms with Gasteiger partial charge in [0.1, 0.15) is 12.1 Å². The van der Waals surface area contributed by atoms with Crippen molar-refractivity contribution in [3.8, 4) is 0 Å². The van der Waals surface area contributed by atoms with Crippen LogP contribution in [0.5, 0.6) is 0 Å². The number of hydrogen-bond donors (Lipinski definition) is 4. The number of nitrogens with one attached hydrogen (secondary N) is 2. The zero-order valence-corrected chi connectivity index (χ0v) is 28.7. The highest BCUT2D eigenvalue weighted by Crippen LogP contribution is 2.59. The van der Waals surface area contributed by atoms with Crippen molar-refractivity contribution in [1.82, 2.24) is 25.0 Å². The van der Waals surface area contributed by atoms with E-state index >= 15 is 0 Å². The second-order valence-corrected chi connectivity index (χ2v) is 15.8. The SMILES string of the molecule is CC(=O)N1CC[C@H]2CC[C@@H](C(=O)N3CC(c4cc[nH]c(=O)c4)CC34CC4)N2C(=O)[C@@H](NC(=O)c2ccc3ccc(C(F)(F)P(=O)(O)O)cc3c2)C1. The van der Waals surface area contributed by atoms with Crippen LogP contribution < -0.4 is 10.9 Å². The van der Waals surface area contributed by atoms with Gasteiger partial charge >= 0.3 is 13.3 Å². The number of hydrogen-bond acceptors (Lipinski definition) is 6. The molecule has 13 nitrogen and oxygen atoms in total. The van der Waals surface area contributed by atoms with Crippen LogP contribution in [-0.4, -0.2) is 96.4 Å². The highest BCUT2D eigenvalue weighted by molar-refractivity contribution is 7.52. The average Bonchev–Trinajstić information content (AvgIpc) is 3.57. The smallest absolute Gasteiger partial charge is 0.340 e. The van der Waals surface area contributed by atoms with Crippen molar-refractivity contribution < 1.29 is 42.3 Å².